The Balaban J connectivity index is 1.96. The van der Waals surface area contributed by atoms with Crippen molar-refractivity contribution in [2.75, 3.05) is 33.2 Å². The fourth-order valence-corrected chi connectivity index (χ4v) is 2.44. The molecule has 0 aliphatic heterocycles. The molecule has 0 fully saturated rings. The van der Waals surface area contributed by atoms with Gasteiger partial charge in [-0.3, -0.25) is 4.99 Å². The number of guanidine groups is 1. The van der Waals surface area contributed by atoms with Gasteiger partial charge in [0, 0.05) is 24.9 Å². The molecule has 2 aromatic carbocycles. The van der Waals surface area contributed by atoms with Crippen molar-refractivity contribution in [3.05, 3.63) is 53.6 Å². The molecule has 6 heteroatoms. The average Bonchev–Trinajstić information content (AvgIpc) is 2.63. The average molecular weight is 343 g/mol. The highest BCUT2D eigenvalue weighted by molar-refractivity contribution is 5.92. The van der Waals surface area contributed by atoms with Crippen LogP contribution >= 0.6 is 0 Å². The maximum Gasteiger partial charge on any atom is 0.193 e. The van der Waals surface area contributed by atoms with Gasteiger partial charge in [0.15, 0.2) is 17.5 Å². The van der Waals surface area contributed by atoms with Crippen molar-refractivity contribution in [3.63, 3.8) is 0 Å². The lowest BCUT2D eigenvalue weighted by Crippen LogP contribution is -2.23. The van der Waals surface area contributed by atoms with Crippen molar-refractivity contribution in [2.45, 2.75) is 13.0 Å². The molecular weight excluding hydrogens is 318 g/mol. The number of para-hydroxylation sites is 1. The quantitative estimate of drug-likeness (QED) is 0.569. The van der Waals surface area contributed by atoms with Crippen molar-refractivity contribution < 1.29 is 14.2 Å². The smallest absolute Gasteiger partial charge is 0.193 e. The van der Waals surface area contributed by atoms with E-state index in [9.17, 15) is 0 Å². The molecule has 6 nitrogen and oxygen atoms in total. The van der Waals surface area contributed by atoms with E-state index >= 15 is 0 Å². The van der Waals surface area contributed by atoms with Gasteiger partial charge in [-0.2, -0.15) is 0 Å². The number of nitrogens with one attached hydrogen (secondary N) is 1. The first-order valence-electron chi connectivity index (χ1n) is 8.02. The number of aliphatic imine (C=N–C) groups is 1. The summed E-state index contributed by atoms with van der Waals surface area (Å²) in [6.07, 6.45) is 0.752. The minimum absolute atomic E-state index is 0.379. The van der Waals surface area contributed by atoms with E-state index in [0.29, 0.717) is 30.6 Å². The van der Waals surface area contributed by atoms with Gasteiger partial charge in [-0.05, 0) is 30.2 Å². The zero-order chi connectivity index (χ0) is 18.1. The number of hydrogen-bond acceptors (Lipinski definition) is 4. The molecule has 0 aromatic heterocycles. The van der Waals surface area contributed by atoms with Crippen molar-refractivity contribution in [3.8, 4) is 11.5 Å². The maximum atomic E-state index is 5.99. The normalized spacial score (nSPS) is 11.2. The Morgan fingerprint density at radius 3 is 2.52 bits per heavy atom. The molecule has 0 spiro atoms. The van der Waals surface area contributed by atoms with E-state index in [1.165, 1.54) is 0 Å². The van der Waals surface area contributed by atoms with Gasteiger partial charge < -0.3 is 25.3 Å². The van der Waals surface area contributed by atoms with Crippen LogP contribution < -0.4 is 20.5 Å². The Morgan fingerprint density at radius 1 is 1.04 bits per heavy atom. The highest BCUT2D eigenvalue weighted by atomic mass is 16.5. The second-order valence-electron chi connectivity index (χ2n) is 5.42. The molecule has 0 radical (unpaired) electrons. The third-order valence-corrected chi connectivity index (χ3v) is 3.71. The van der Waals surface area contributed by atoms with E-state index in [1.54, 1.807) is 21.3 Å². The number of rotatable bonds is 8. The molecular formula is C19H25N3O3. The molecule has 2 rings (SSSR count). The number of hydrogen-bond donors (Lipinski definition) is 2. The SMILES string of the molecule is COCc1ccccc1NC(N)=NCCc1ccc(OC)c(OC)c1. The number of ether oxygens (including phenoxy) is 3. The second-order valence-corrected chi connectivity index (χ2v) is 5.42. The predicted molar refractivity (Wildman–Crippen MR) is 101 cm³/mol. The van der Waals surface area contributed by atoms with Gasteiger partial charge in [-0.1, -0.05) is 24.3 Å². The van der Waals surface area contributed by atoms with Crippen LogP contribution in [-0.2, 0) is 17.8 Å². The molecule has 3 N–H and O–H groups in total. The lowest BCUT2D eigenvalue weighted by Gasteiger charge is -2.11. The summed E-state index contributed by atoms with van der Waals surface area (Å²) in [7, 11) is 4.91. The monoisotopic (exact) mass is 343 g/mol. The topological polar surface area (TPSA) is 78.1 Å². The number of nitrogens with two attached hydrogens (primary N) is 1. The third-order valence-electron chi connectivity index (χ3n) is 3.71. The maximum absolute atomic E-state index is 5.99. The van der Waals surface area contributed by atoms with Gasteiger partial charge in [-0.25, -0.2) is 0 Å². The predicted octanol–water partition coefficient (Wildman–Crippen LogP) is 2.82. The third kappa shape index (κ3) is 5.39. The van der Waals surface area contributed by atoms with E-state index < -0.39 is 0 Å². The molecule has 0 unspecified atom stereocenters. The first-order valence-corrected chi connectivity index (χ1v) is 8.02. The molecule has 0 bridgehead atoms. The van der Waals surface area contributed by atoms with E-state index in [2.05, 4.69) is 10.3 Å². The largest absolute Gasteiger partial charge is 0.493 e. The first-order chi connectivity index (χ1) is 12.2. The Kier molecular flexibility index (Phi) is 7.10. The van der Waals surface area contributed by atoms with Crippen LogP contribution in [0.15, 0.2) is 47.5 Å². The minimum atomic E-state index is 0.379. The van der Waals surface area contributed by atoms with Gasteiger partial charge in [0.25, 0.3) is 0 Å². The zero-order valence-electron chi connectivity index (χ0n) is 14.9. The van der Waals surface area contributed by atoms with E-state index in [-0.39, 0.29) is 0 Å². The van der Waals surface area contributed by atoms with Crippen LogP contribution in [0.3, 0.4) is 0 Å². The number of benzene rings is 2. The summed E-state index contributed by atoms with van der Waals surface area (Å²) in [4.78, 5) is 4.38. The Hall–Kier alpha value is -2.73. The molecule has 0 saturated heterocycles. The van der Waals surface area contributed by atoms with Crippen molar-refractivity contribution in [1.29, 1.82) is 0 Å². The van der Waals surface area contributed by atoms with E-state index in [0.717, 1.165) is 23.2 Å². The molecule has 2 aromatic rings. The Labute approximate surface area is 148 Å². The lowest BCUT2D eigenvalue weighted by molar-refractivity contribution is 0.185. The van der Waals surface area contributed by atoms with Crippen molar-refractivity contribution >= 4 is 11.6 Å². The first kappa shape index (κ1) is 18.6. The molecule has 0 amide bonds. The van der Waals surface area contributed by atoms with Crippen molar-refractivity contribution in [1.82, 2.24) is 0 Å². The standard InChI is InChI=1S/C19H25N3O3/c1-23-13-15-6-4-5-7-16(15)22-19(20)21-11-10-14-8-9-17(24-2)18(12-14)25-3/h4-9,12H,10-11,13H2,1-3H3,(H3,20,21,22). The van der Waals surface area contributed by atoms with Crippen LogP contribution in [0.4, 0.5) is 5.69 Å². The number of anilines is 1. The summed E-state index contributed by atoms with van der Waals surface area (Å²) in [5.41, 5.74) is 9.03. The minimum Gasteiger partial charge on any atom is -0.493 e. The van der Waals surface area contributed by atoms with Gasteiger partial charge in [0.1, 0.15) is 0 Å². The van der Waals surface area contributed by atoms with Crippen LogP contribution in [0.2, 0.25) is 0 Å². The molecule has 0 aliphatic carbocycles. The number of methoxy groups -OCH3 is 3. The van der Waals surface area contributed by atoms with Crippen LogP contribution in [0.5, 0.6) is 11.5 Å². The summed E-state index contributed by atoms with van der Waals surface area (Å²) in [5.74, 6) is 1.80. The van der Waals surface area contributed by atoms with Gasteiger partial charge in [0.2, 0.25) is 0 Å². The summed E-state index contributed by atoms with van der Waals surface area (Å²) < 4.78 is 15.7. The van der Waals surface area contributed by atoms with E-state index in [1.807, 2.05) is 42.5 Å². The highest BCUT2D eigenvalue weighted by Gasteiger charge is 2.05. The van der Waals surface area contributed by atoms with Crippen molar-refractivity contribution in [2.24, 2.45) is 10.7 Å². The van der Waals surface area contributed by atoms with Crippen LogP contribution in [0.1, 0.15) is 11.1 Å². The molecule has 0 saturated carbocycles. The molecule has 134 valence electrons. The highest BCUT2D eigenvalue weighted by Crippen LogP contribution is 2.27. The fraction of sp³-hybridized carbons (Fsp3) is 0.316. The zero-order valence-corrected chi connectivity index (χ0v) is 14.9. The molecule has 0 atom stereocenters. The van der Waals surface area contributed by atoms with E-state index in [4.69, 9.17) is 19.9 Å². The summed E-state index contributed by atoms with van der Waals surface area (Å²) in [6.45, 7) is 1.09. The van der Waals surface area contributed by atoms with Crippen LogP contribution in [0.25, 0.3) is 0 Å². The fourth-order valence-electron chi connectivity index (χ4n) is 2.44. The van der Waals surface area contributed by atoms with Crippen LogP contribution in [0, 0.1) is 0 Å². The summed E-state index contributed by atoms with van der Waals surface area (Å²) in [5, 5.41) is 3.13. The Morgan fingerprint density at radius 2 is 1.80 bits per heavy atom. The summed E-state index contributed by atoms with van der Waals surface area (Å²) in [6, 6.07) is 13.7. The number of nitrogens with zero attached hydrogens (tertiary/aromatic N) is 1. The second kappa shape index (κ2) is 9.54. The van der Waals surface area contributed by atoms with Crippen LogP contribution in [-0.4, -0.2) is 33.8 Å². The van der Waals surface area contributed by atoms with Gasteiger partial charge in [0.05, 0.1) is 20.8 Å². The molecule has 25 heavy (non-hydrogen) atoms. The Bertz CT molecular complexity index is 717. The lowest BCUT2D eigenvalue weighted by atomic mass is 10.1. The molecule has 0 aliphatic rings. The summed E-state index contributed by atoms with van der Waals surface area (Å²) >= 11 is 0. The van der Waals surface area contributed by atoms with Gasteiger partial charge in [-0.15, -0.1) is 0 Å². The molecule has 0 heterocycles. The van der Waals surface area contributed by atoms with Gasteiger partial charge >= 0.3 is 0 Å².